The van der Waals surface area contributed by atoms with Gasteiger partial charge < -0.3 is 0 Å². The zero-order valence-electron chi connectivity index (χ0n) is 85.5. The van der Waals surface area contributed by atoms with E-state index in [0.29, 0.717) is 0 Å². The molecule has 10 heterocycles. The maximum atomic E-state index is 6.58. The molecule has 0 amide bonds. The minimum atomic E-state index is -0.0770. The molecule has 19 nitrogen and oxygen atoms in total. The van der Waals surface area contributed by atoms with E-state index in [1.165, 1.54) is 44.0 Å². The Morgan fingerprint density at radius 3 is 1.36 bits per heavy atom. The van der Waals surface area contributed by atoms with Crippen LogP contribution in [0.3, 0.4) is 0 Å². The van der Waals surface area contributed by atoms with E-state index in [-0.39, 0.29) is 55.3 Å². The predicted octanol–water partition coefficient (Wildman–Crippen LogP) is 23.0. The number of fused-ring (bicyclic) bond motifs is 5. The molecule has 0 aliphatic heterocycles. The SMILES string of the molecule is CC(C)(C)[n+]1c2ccccc2c(Cl)c2ccccc21.CC(C)(C)[n+]1cccc2ccccc21.CC(C)(C)[n+]1cccnc1.CC(C)(C)[n+]1ccco1.CC(C)(C)[n+]1cccs1.CC(C)(C)[n+]1ccnc2ccccc21.CC(C)(C)[n+]1ncnn1-c1ccccc1.C[n+]1c(C(C)(C)C)ncc2ccccc21.Cc1cc(-c2ccccc2)o[n+]1C(C)(C)C.Cc1cc(C)[n+](C(C)(C)C)o1. The third kappa shape index (κ3) is 30.0. The van der Waals surface area contributed by atoms with Crippen molar-refractivity contribution in [3.8, 4) is 17.0 Å². The van der Waals surface area contributed by atoms with Crippen LogP contribution in [0.2, 0.25) is 5.02 Å². The van der Waals surface area contributed by atoms with Gasteiger partial charge in [0.25, 0.3) is 12.7 Å². The van der Waals surface area contributed by atoms with Crippen LogP contribution in [0.5, 0.6) is 0 Å². The zero-order chi connectivity index (χ0) is 97.8. The molecular formula is C111H151ClN16O3S+10. The molecule has 0 aliphatic rings. The van der Waals surface area contributed by atoms with Crippen LogP contribution < -0.4 is 45.8 Å². The molecule has 17 aromatic rings. The Kier molecular flexibility index (Phi) is 35.5. The monoisotopic (exact) mass is 1820 g/mol. The highest BCUT2D eigenvalue weighted by atomic mass is 35.5. The fraction of sp³-hybridized carbons (Fsp3) is 0.396. The first-order valence-corrected chi connectivity index (χ1v) is 46.8. The highest BCUT2D eigenvalue weighted by molar-refractivity contribution is 6.99. The van der Waals surface area contributed by atoms with Crippen LogP contribution in [-0.4, -0.2) is 29.9 Å². The Morgan fingerprint density at radius 2 is 0.909 bits per heavy atom. The van der Waals surface area contributed by atoms with Gasteiger partial charge in [-0.25, -0.2) is 27.7 Å². The summed E-state index contributed by atoms with van der Waals surface area (Å²) in [6.45, 7) is 71.0. The van der Waals surface area contributed by atoms with Crippen LogP contribution >= 0.6 is 23.1 Å². The van der Waals surface area contributed by atoms with Crippen molar-refractivity contribution in [2.45, 2.75) is 284 Å². The van der Waals surface area contributed by atoms with Crippen molar-refractivity contribution >= 4 is 77.8 Å². The number of para-hydroxylation sites is 7. The van der Waals surface area contributed by atoms with Crippen molar-refractivity contribution in [2.24, 2.45) is 7.05 Å². The molecule has 0 fully saturated rings. The van der Waals surface area contributed by atoms with Gasteiger partial charge in [0.2, 0.25) is 62.0 Å². The van der Waals surface area contributed by atoms with E-state index < -0.39 is 0 Å². The van der Waals surface area contributed by atoms with Gasteiger partial charge in [0.05, 0.1) is 68.6 Å². The van der Waals surface area contributed by atoms with Crippen molar-refractivity contribution in [1.82, 2.24) is 29.9 Å². The molecule has 0 unspecified atom stereocenters. The molecule has 0 bridgehead atoms. The largest absolute Gasteiger partial charge is 0.303 e. The molecule has 0 N–H and O–H groups in total. The summed E-state index contributed by atoms with van der Waals surface area (Å²) < 4.78 is 35.6. The molecule has 0 aliphatic carbocycles. The summed E-state index contributed by atoms with van der Waals surface area (Å²) in [4.78, 5) is 16.6. The van der Waals surface area contributed by atoms with Crippen LogP contribution in [-0.2, 0) is 62.3 Å². The highest BCUT2D eigenvalue weighted by Gasteiger charge is 2.35. The lowest BCUT2D eigenvalue weighted by Gasteiger charge is -2.18. The van der Waals surface area contributed by atoms with Crippen molar-refractivity contribution in [3.63, 3.8) is 0 Å². The third-order valence-electron chi connectivity index (χ3n) is 20.6. The van der Waals surface area contributed by atoms with Crippen LogP contribution in [0.15, 0.2) is 312 Å². The maximum Gasteiger partial charge on any atom is 0.303 e. The third-order valence-corrected chi connectivity index (χ3v) is 22.2. The number of pyridine rings is 2. The zero-order valence-corrected chi connectivity index (χ0v) is 87.0. The van der Waals surface area contributed by atoms with E-state index in [9.17, 15) is 0 Å². The Labute approximate surface area is 796 Å². The van der Waals surface area contributed by atoms with Gasteiger partial charge in [-0.3, -0.25) is 0 Å². The van der Waals surface area contributed by atoms with E-state index in [1.807, 2.05) is 166 Å². The molecule has 17 rings (SSSR count). The van der Waals surface area contributed by atoms with E-state index in [1.54, 1.807) is 35.1 Å². The number of benzene rings is 7. The molecular weight excluding hydrogens is 1670 g/mol. The molecule has 7 aromatic carbocycles. The minimum absolute atomic E-state index is 0.00377. The summed E-state index contributed by atoms with van der Waals surface area (Å²) in [6.07, 6.45) is 20.9. The first-order valence-electron chi connectivity index (χ1n) is 45.6. The average molecular weight is 1830 g/mol. The number of halogens is 1. The van der Waals surface area contributed by atoms with Gasteiger partial charge in [-0.15, -0.1) is 3.96 Å². The smallest absolute Gasteiger partial charge is 0.244 e. The lowest BCUT2D eigenvalue weighted by Crippen LogP contribution is -2.58. The maximum absolute atomic E-state index is 6.58. The number of rotatable bonds is 2. The average Bonchev–Trinajstić information content (AvgIpc) is 0.902. The molecule has 696 valence electrons. The summed E-state index contributed by atoms with van der Waals surface area (Å²) >= 11 is 8.33. The molecule has 21 heteroatoms. The Balaban J connectivity index is 0.000000182. The molecule has 0 saturated heterocycles. The molecule has 10 aromatic heterocycles. The summed E-state index contributed by atoms with van der Waals surface area (Å²) in [6, 6.07) is 76.1. The lowest BCUT2D eigenvalue weighted by atomic mass is 9.95. The summed E-state index contributed by atoms with van der Waals surface area (Å²) in [7, 11) is 2.08. The number of aryl methyl sites for hydroxylation is 4. The summed E-state index contributed by atoms with van der Waals surface area (Å²) in [5.74, 6) is 3.01. The first-order chi connectivity index (χ1) is 61.5. The minimum Gasteiger partial charge on any atom is -0.244 e. The number of hydrogen-bond acceptors (Lipinski definition) is 9. The molecule has 0 atom stereocenters. The second kappa shape index (κ2) is 44.5. The Hall–Kier alpha value is -12.0. The fourth-order valence-electron chi connectivity index (χ4n) is 14.5. The summed E-state index contributed by atoms with van der Waals surface area (Å²) in [5.41, 5.74) is 12.3. The van der Waals surface area contributed by atoms with Crippen molar-refractivity contribution in [1.29, 1.82) is 0 Å². The van der Waals surface area contributed by atoms with Gasteiger partial charge in [-0.1, -0.05) is 131 Å². The Morgan fingerprint density at radius 1 is 0.402 bits per heavy atom. The molecule has 0 radical (unpaired) electrons. The van der Waals surface area contributed by atoms with E-state index in [0.717, 1.165) is 55.6 Å². The molecule has 132 heavy (non-hydrogen) atoms. The van der Waals surface area contributed by atoms with Crippen molar-refractivity contribution < 1.29 is 59.4 Å². The summed E-state index contributed by atoms with van der Waals surface area (Å²) in [5, 5.41) is 16.1. The van der Waals surface area contributed by atoms with Crippen LogP contribution in [0.25, 0.3) is 71.7 Å². The highest BCUT2D eigenvalue weighted by Crippen LogP contribution is 2.32. The van der Waals surface area contributed by atoms with E-state index in [2.05, 4.69) is 420 Å². The molecule has 0 saturated carbocycles. The van der Waals surface area contributed by atoms with Crippen molar-refractivity contribution in [2.75, 3.05) is 0 Å². The number of nitrogens with zero attached hydrogens (tertiary/aromatic N) is 16. The number of tetrazole rings is 1. The standard InChI is InChI=1S/C17H17ClN.C14H18NO.C13H17N2.C13H16N.C12H15N2.C11H15N4.C9H16NO.C8H13N2.C7H12NO.C7H12NS/c1-17(2,3)19-14-10-6-4-8-12(14)16(18)13-9-5-7-11-15(13)19;1-11-10-13(12-8-6-5-7-9-12)16-15(11)14(2,3)4;1-13(2,3)12-14-9-10-7-5-6-8-11(10)15(12)4;1-13(2,3)14-10-6-8-11-7-4-5-9-12(11)14;1-12(2,3)14-9-8-13-10-6-4-5-7-11(10)14;1-11(2,3)15-13-9-12-14(15)10-7-5-4-6-8-10;1-7-6-8(2)11-10(7)9(3,4)5;1-8(2,3)10-6-4-5-9-7-10;2*1-7(2,3)8-5-4-6-9-8/h4-11H,1-3H3;5-10H,1-4H3;5-9H,1-4H3;4-10H,1-3H3;4-9H,1-3H3;4-9H,1-3H3;6H,1-5H3;4-7H,1-3H3;2*4-6H,1-3H3/q10*+1. The van der Waals surface area contributed by atoms with Crippen LogP contribution in [0, 0.1) is 20.8 Å². The van der Waals surface area contributed by atoms with Crippen LogP contribution in [0.1, 0.15) is 231 Å². The molecule has 0 spiro atoms. The predicted molar refractivity (Wildman–Crippen MR) is 536 cm³/mol. The first kappa shape index (κ1) is 105. The van der Waals surface area contributed by atoms with Crippen molar-refractivity contribution in [3.05, 3.63) is 326 Å². The quantitative estimate of drug-likeness (QED) is 0.123. The van der Waals surface area contributed by atoms with Gasteiger partial charge in [0, 0.05) is 230 Å². The second-order valence-electron chi connectivity index (χ2n) is 42.8. The normalized spacial score (nSPS) is 11.9. The Bertz CT molecular complexity index is 6230. The fourth-order valence-corrected chi connectivity index (χ4v) is 15.6. The van der Waals surface area contributed by atoms with E-state index >= 15 is 0 Å². The van der Waals surface area contributed by atoms with Gasteiger partial charge in [-0.2, -0.15) is 13.7 Å². The van der Waals surface area contributed by atoms with Crippen LogP contribution in [0.4, 0.5) is 0 Å². The van der Waals surface area contributed by atoms with E-state index in [4.69, 9.17) is 25.2 Å². The number of hydrogen-bond donors (Lipinski definition) is 0. The van der Waals surface area contributed by atoms with Gasteiger partial charge in [0.1, 0.15) is 45.5 Å². The van der Waals surface area contributed by atoms with Gasteiger partial charge >= 0.3 is 5.82 Å². The van der Waals surface area contributed by atoms with Gasteiger partial charge in [0.15, 0.2) is 59.0 Å². The topological polar surface area (TPSA) is 148 Å². The van der Waals surface area contributed by atoms with Gasteiger partial charge in [-0.05, 0) is 141 Å². The lowest BCUT2D eigenvalue weighted by molar-refractivity contribution is -0.911. The number of aromatic nitrogens is 16. The second-order valence-corrected chi connectivity index (χ2v) is 44.1.